The fraction of sp³-hybridized carbons (Fsp3) is 0.333. The summed E-state index contributed by atoms with van der Waals surface area (Å²) in [6.45, 7) is 2.57. The summed E-state index contributed by atoms with van der Waals surface area (Å²) in [5, 5.41) is 2.98. The molecule has 2 aromatic carbocycles. The highest BCUT2D eigenvalue weighted by Crippen LogP contribution is 2.25. The van der Waals surface area contributed by atoms with E-state index >= 15 is 0 Å². The fourth-order valence-electron chi connectivity index (χ4n) is 2.64. The maximum absolute atomic E-state index is 12.4. The summed E-state index contributed by atoms with van der Waals surface area (Å²) in [5.74, 6) is 0.466. The first-order valence-corrected chi connectivity index (χ1v) is 10.7. The van der Waals surface area contributed by atoms with E-state index in [2.05, 4.69) is 27.3 Å². The van der Waals surface area contributed by atoms with Gasteiger partial charge in [0.25, 0.3) is 5.91 Å². The van der Waals surface area contributed by atoms with Crippen molar-refractivity contribution >= 4 is 39.5 Å². The Bertz CT molecular complexity index is 835. The van der Waals surface area contributed by atoms with Gasteiger partial charge in [-0.1, -0.05) is 28.1 Å². The molecular formula is C21H23BrN2O2S. The molecule has 1 aliphatic carbocycles. The van der Waals surface area contributed by atoms with Crippen LogP contribution in [0.15, 0.2) is 51.8 Å². The number of thioether (sulfide) groups is 1. The van der Waals surface area contributed by atoms with Gasteiger partial charge in [0, 0.05) is 34.6 Å². The molecule has 1 N–H and O–H groups in total. The van der Waals surface area contributed by atoms with Gasteiger partial charge in [-0.15, -0.1) is 11.8 Å². The molecule has 1 fully saturated rings. The molecule has 27 heavy (non-hydrogen) atoms. The third-order valence-corrected chi connectivity index (χ3v) is 6.12. The number of hydrogen-bond donors (Lipinski definition) is 1. The highest BCUT2D eigenvalue weighted by atomic mass is 79.9. The van der Waals surface area contributed by atoms with Crippen molar-refractivity contribution < 1.29 is 9.59 Å². The third-order valence-electron chi connectivity index (χ3n) is 4.46. The Labute approximate surface area is 172 Å². The lowest BCUT2D eigenvalue weighted by Crippen LogP contribution is -2.28. The second kappa shape index (κ2) is 8.93. The number of hydrogen-bond acceptors (Lipinski definition) is 3. The van der Waals surface area contributed by atoms with Gasteiger partial charge in [-0.3, -0.25) is 9.59 Å². The molecule has 0 aliphatic heterocycles. The number of halogens is 1. The largest absolute Gasteiger partial charge is 0.349 e. The molecule has 0 heterocycles. The van der Waals surface area contributed by atoms with Gasteiger partial charge in [0.2, 0.25) is 5.91 Å². The number of carbonyl (C=O) groups is 2. The molecule has 1 aliphatic rings. The number of amides is 2. The van der Waals surface area contributed by atoms with Gasteiger partial charge in [-0.25, -0.2) is 0 Å². The van der Waals surface area contributed by atoms with Gasteiger partial charge < -0.3 is 10.2 Å². The Morgan fingerprint density at radius 1 is 1.19 bits per heavy atom. The van der Waals surface area contributed by atoms with Crippen LogP contribution in [0, 0.1) is 6.92 Å². The minimum Gasteiger partial charge on any atom is -0.349 e. The summed E-state index contributed by atoms with van der Waals surface area (Å²) >= 11 is 5.01. The van der Waals surface area contributed by atoms with E-state index < -0.39 is 0 Å². The zero-order chi connectivity index (χ0) is 19.4. The van der Waals surface area contributed by atoms with Crippen LogP contribution in [0.1, 0.15) is 34.3 Å². The molecule has 6 heteroatoms. The molecule has 0 spiro atoms. The predicted octanol–water partition coefficient (Wildman–Crippen LogP) is 4.40. The van der Waals surface area contributed by atoms with Gasteiger partial charge in [-0.2, -0.15) is 0 Å². The third kappa shape index (κ3) is 5.84. The summed E-state index contributed by atoms with van der Waals surface area (Å²) in [7, 11) is 1.81. The molecule has 4 nitrogen and oxygen atoms in total. The van der Waals surface area contributed by atoms with Crippen LogP contribution in [0.3, 0.4) is 0 Å². The molecule has 2 amide bonds. The van der Waals surface area contributed by atoms with Crippen LogP contribution in [-0.2, 0) is 11.3 Å². The van der Waals surface area contributed by atoms with Gasteiger partial charge in [0.1, 0.15) is 0 Å². The number of rotatable bonds is 7. The lowest BCUT2D eigenvalue weighted by atomic mass is 10.1. The predicted molar refractivity (Wildman–Crippen MR) is 113 cm³/mol. The van der Waals surface area contributed by atoms with E-state index in [-0.39, 0.29) is 11.8 Å². The van der Waals surface area contributed by atoms with Crippen LogP contribution in [0.4, 0.5) is 0 Å². The van der Waals surface area contributed by atoms with E-state index in [0.717, 1.165) is 33.3 Å². The number of aryl methyl sites for hydroxylation is 1. The van der Waals surface area contributed by atoms with Gasteiger partial charge in [0.15, 0.2) is 0 Å². The number of nitrogens with zero attached hydrogens (tertiary/aromatic N) is 1. The van der Waals surface area contributed by atoms with Gasteiger partial charge in [-0.05, 0) is 61.2 Å². The van der Waals surface area contributed by atoms with Gasteiger partial charge in [0.05, 0.1) is 5.75 Å². The van der Waals surface area contributed by atoms with Crippen molar-refractivity contribution in [3.05, 3.63) is 63.6 Å². The Kier molecular flexibility index (Phi) is 6.60. The van der Waals surface area contributed by atoms with Crippen molar-refractivity contribution in [1.82, 2.24) is 10.2 Å². The quantitative estimate of drug-likeness (QED) is 0.641. The Morgan fingerprint density at radius 3 is 2.52 bits per heavy atom. The minimum absolute atomic E-state index is 0.0188. The highest BCUT2D eigenvalue weighted by molar-refractivity contribution is 9.10. The Hall–Kier alpha value is -1.79. The van der Waals surface area contributed by atoms with Crippen LogP contribution >= 0.6 is 27.7 Å². The Balaban J connectivity index is 1.50. The molecule has 1 saturated carbocycles. The van der Waals surface area contributed by atoms with E-state index in [4.69, 9.17) is 0 Å². The average molecular weight is 447 g/mol. The first kappa shape index (κ1) is 20.0. The van der Waals surface area contributed by atoms with Crippen molar-refractivity contribution in [2.45, 2.75) is 37.2 Å². The molecule has 142 valence electrons. The molecular weight excluding hydrogens is 424 g/mol. The summed E-state index contributed by atoms with van der Waals surface area (Å²) in [6, 6.07) is 13.9. The molecule has 0 aromatic heterocycles. The Morgan fingerprint density at radius 2 is 1.89 bits per heavy atom. The SMILES string of the molecule is Cc1cc(Br)ccc1SCC(=O)N(C)Cc1ccc(C(=O)NC2CC2)cc1. The fourth-order valence-corrected chi connectivity index (χ4v) is 4.07. The van der Waals surface area contributed by atoms with E-state index in [1.165, 1.54) is 0 Å². The molecule has 0 saturated heterocycles. The maximum atomic E-state index is 12.4. The second-order valence-corrected chi connectivity index (χ2v) is 8.83. The highest BCUT2D eigenvalue weighted by Gasteiger charge is 2.23. The van der Waals surface area contributed by atoms with Crippen molar-refractivity contribution in [2.24, 2.45) is 0 Å². The van der Waals surface area contributed by atoms with Crippen molar-refractivity contribution in [1.29, 1.82) is 0 Å². The summed E-state index contributed by atoms with van der Waals surface area (Å²) in [6.07, 6.45) is 2.16. The van der Waals surface area contributed by atoms with E-state index in [1.807, 2.05) is 50.4 Å². The lowest BCUT2D eigenvalue weighted by Gasteiger charge is -2.17. The molecule has 3 rings (SSSR count). The second-order valence-electron chi connectivity index (χ2n) is 6.89. The molecule has 0 bridgehead atoms. The summed E-state index contributed by atoms with van der Waals surface area (Å²) in [4.78, 5) is 27.3. The average Bonchev–Trinajstić information content (AvgIpc) is 3.45. The van der Waals surface area contributed by atoms with E-state index in [0.29, 0.717) is 23.9 Å². The lowest BCUT2D eigenvalue weighted by molar-refractivity contribution is -0.127. The first-order valence-electron chi connectivity index (χ1n) is 8.95. The minimum atomic E-state index is -0.0188. The smallest absolute Gasteiger partial charge is 0.251 e. The zero-order valence-corrected chi connectivity index (χ0v) is 17.9. The molecule has 0 radical (unpaired) electrons. The van der Waals surface area contributed by atoms with E-state index in [9.17, 15) is 9.59 Å². The van der Waals surface area contributed by atoms with Crippen molar-refractivity contribution in [3.63, 3.8) is 0 Å². The normalized spacial score (nSPS) is 13.3. The van der Waals surface area contributed by atoms with Crippen molar-refractivity contribution in [3.8, 4) is 0 Å². The standard InChI is InChI=1S/C21H23BrN2O2S/c1-14-11-17(22)7-10-19(14)27-13-20(25)24(2)12-15-3-5-16(6-4-15)21(26)23-18-8-9-18/h3-7,10-11,18H,8-9,12-13H2,1-2H3,(H,23,26). The number of carbonyl (C=O) groups excluding carboxylic acids is 2. The van der Waals surface area contributed by atoms with Crippen LogP contribution in [0.2, 0.25) is 0 Å². The summed E-state index contributed by atoms with van der Waals surface area (Å²) < 4.78 is 1.04. The number of benzene rings is 2. The number of nitrogens with one attached hydrogen (secondary N) is 1. The van der Waals surface area contributed by atoms with Gasteiger partial charge >= 0.3 is 0 Å². The maximum Gasteiger partial charge on any atom is 0.251 e. The topological polar surface area (TPSA) is 49.4 Å². The van der Waals surface area contributed by atoms with Crippen LogP contribution in [0.25, 0.3) is 0 Å². The first-order chi connectivity index (χ1) is 12.9. The van der Waals surface area contributed by atoms with Crippen LogP contribution < -0.4 is 5.32 Å². The van der Waals surface area contributed by atoms with E-state index in [1.54, 1.807) is 16.7 Å². The molecule has 0 atom stereocenters. The molecule has 0 unspecified atom stereocenters. The monoisotopic (exact) mass is 446 g/mol. The van der Waals surface area contributed by atoms with Crippen molar-refractivity contribution in [2.75, 3.05) is 12.8 Å². The van der Waals surface area contributed by atoms with Crippen LogP contribution in [0.5, 0.6) is 0 Å². The summed E-state index contributed by atoms with van der Waals surface area (Å²) in [5.41, 5.74) is 2.84. The zero-order valence-electron chi connectivity index (χ0n) is 15.5. The molecule has 2 aromatic rings. The van der Waals surface area contributed by atoms with Crippen LogP contribution in [-0.4, -0.2) is 35.6 Å².